The van der Waals surface area contributed by atoms with Gasteiger partial charge in [-0.3, -0.25) is 9.59 Å². The molecule has 2 saturated heterocycles. The molecule has 25 heavy (non-hydrogen) atoms. The number of benzene rings is 1. The van der Waals surface area contributed by atoms with Gasteiger partial charge in [0.15, 0.2) is 0 Å². The third-order valence-electron chi connectivity index (χ3n) is 5.09. The van der Waals surface area contributed by atoms with Crippen molar-refractivity contribution in [3.63, 3.8) is 0 Å². The summed E-state index contributed by atoms with van der Waals surface area (Å²) in [4.78, 5) is 28.4. The van der Waals surface area contributed by atoms with Gasteiger partial charge in [-0.05, 0) is 49.9 Å². The molecule has 3 rings (SSSR count). The number of carbonyl (C=O) groups is 2. The first-order chi connectivity index (χ1) is 12.1. The van der Waals surface area contributed by atoms with Crippen LogP contribution in [-0.4, -0.2) is 53.9 Å². The van der Waals surface area contributed by atoms with Gasteiger partial charge in [0, 0.05) is 31.1 Å². The van der Waals surface area contributed by atoms with Gasteiger partial charge in [-0.2, -0.15) is 0 Å². The molecule has 1 aromatic rings. The quantitative estimate of drug-likeness (QED) is 0.825. The maximum absolute atomic E-state index is 12.3. The molecule has 5 nitrogen and oxygen atoms in total. The molecule has 0 radical (unpaired) electrons. The summed E-state index contributed by atoms with van der Waals surface area (Å²) in [5, 5.41) is 0. The van der Waals surface area contributed by atoms with Crippen molar-refractivity contribution in [2.45, 2.75) is 45.6 Å². The van der Waals surface area contributed by atoms with E-state index in [0.717, 1.165) is 51.1 Å². The van der Waals surface area contributed by atoms with Crippen molar-refractivity contribution in [1.29, 1.82) is 0 Å². The van der Waals surface area contributed by atoms with Crippen LogP contribution in [0.15, 0.2) is 24.3 Å². The highest BCUT2D eigenvalue weighted by molar-refractivity contribution is 5.94. The molecule has 5 heteroatoms. The summed E-state index contributed by atoms with van der Waals surface area (Å²) < 4.78 is 5.89. The van der Waals surface area contributed by atoms with Crippen molar-refractivity contribution < 1.29 is 14.3 Å². The Hall–Kier alpha value is -2.04. The van der Waals surface area contributed by atoms with Crippen LogP contribution in [0.3, 0.4) is 0 Å². The van der Waals surface area contributed by atoms with Crippen molar-refractivity contribution in [3.05, 3.63) is 29.8 Å². The monoisotopic (exact) mass is 344 g/mol. The van der Waals surface area contributed by atoms with Crippen LogP contribution in [0.1, 0.15) is 49.9 Å². The van der Waals surface area contributed by atoms with E-state index in [0.29, 0.717) is 12.2 Å². The minimum absolute atomic E-state index is 0.0245. The molecule has 0 unspecified atom stereocenters. The van der Waals surface area contributed by atoms with Crippen LogP contribution in [0, 0.1) is 5.92 Å². The lowest BCUT2D eigenvalue weighted by molar-refractivity contribution is -0.135. The van der Waals surface area contributed by atoms with Gasteiger partial charge in [-0.25, -0.2) is 0 Å². The number of amides is 2. The summed E-state index contributed by atoms with van der Waals surface area (Å²) in [6.45, 7) is 6.94. The Kier molecular flexibility index (Phi) is 5.61. The average molecular weight is 344 g/mol. The second-order valence-corrected chi connectivity index (χ2v) is 7.32. The summed E-state index contributed by atoms with van der Waals surface area (Å²) in [6.07, 6.45) is 4.22. The molecule has 2 fully saturated rings. The third kappa shape index (κ3) is 4.14. The van der Waals surface area contributed by atoms with E-state index in [-0.39, 0.29) is 23.8 Å². The van der Waals surface area contributed by atoms with Gasteiger partial charge >= 0.3 is 0 Å². The second-order valence-electron chi connectivity index (χ2n) is 7.32. The molecule has 1 aromatic carbocycles. The van der Waals surface area contributed by atoms with E-state index in [9.17, 15) is 9.59 Å². The number of hydrogen-bond donors (Lipinski definition) is 0. The zero-order valence-electron chi connectivity index (χ0n) is 15.2. The molecule has 1 atom stereocenters. The molecular weight excluding hydrogens is 316 g/mol. The van der Waals surface area contributed by atoms with Crippen LogP contribution in [0.2, 0.25) is 0 Å². The van der Waals surface area contributed by atoms with Crippen LogP contribution < -0.4 is 4.74 Å². The fraction of sp³-hybridized carbons (Fsp3) is 0.600. The van der Waals surface area contributed by atoms with E-state index < -0.39 is 0 Å². The van der Waals surface area contributed by atoms with Gasteiger partial charge in [0.25, 0.3) is 5.91 Å². The first-order valence-corrected chi connectivity index (χ1v) is 9.39. The minimum Gasteiger partial charge on any atom is -0.491 e. The summed E-state index contributed by atoms with van der Waals surface area (Å²) in [5.74, 6) is 1.09. The van der Waals surface area contributed by atoms with Crippen LogP contribution in [0.25, 0.3) is 0 Å². The van der Waals surface area contributed by atoms with Crippen LogP contribution in [0.4, 0.5) is 0 Å². The number of rotatable bonds is 5. The SMILES string of the molecule is CC(C)C(=O)N1CCC[C@@H]1COc1ccc(C(=O)N2CCCC2)cc1. The highest BCUT2D eigenvalue weighted by Gasteiger charge is 2.30. The molecule has 0 aromatic heterocycles. The van der Waals surface area contributed by atoms with Crippen LogP contribution in [0.5, 0.6) is 5.75 Å². The number of carbonyl (C=O) groups excluding carboxylic acids is 2. The van der Waals surface area contributed by atoms with Gasteiger partial charge in [-0.15, -0.1) is 0 Å². The largest absolute Gasteiger partial charge is 0.491 e. The Morgan fingerprint density at radius 2 is 1.76 bits per heavy atom. The van der Waals surface area contributed by atoms with Crippen molar-refractivity contribution in [1.82, 2.24) is 9.80 Å². The van der Waals surface area contributed by atoms with Crippen LogP contribution >= 0.6 is 0 Å². The Balaban J connectivity index is 1.55. The van der Waals surface area contributed by atoms with Crippen molar-refractivity contribution >= 4 is 11.8 Å². The van der Waals surface area contributed by atoms with Gasteiger partial charge < -0.3 is 14.5 Å². The number of nitrogens with zero attached hydrogens (tertiary/aromatic N) is 2. The number of hydrogen-bond acceptors (Lipinski definition) is 3. The summed E-state index contributed by atoms with van der Waals surface area (Å²) >= 11 is 0. The molecule has 0 spiro atoms. The number of ether oxygens (including phenoxy) is 1. The first-order valence-electron chi connectivity index (χ1n) is 9.39. The maximum Gasteiger partial charge on any atom is 0.253 e. The highest BCUT2D eigenvalue weighted by Crippen LogP contribution is 2.22. The van der Waals surface area contributed by atoms with E-state index >= 15 is 0 Å². The Bertz CT molecular complexity index is 606. The fourth-order valence-corrected chi connectivity index (χ4v) is 3.62. The van der Waals surface area contributed by atoms with E-state index in [4.69, 9.17) is 4.74 Å². The molecule has 2 aliphatic heterocycles. The van der Waals surface area contributed by atoms with Crippen LogP contribution in [-0.2, 0) is 4.79 Å². The maximum atomic E-state index is 12.3. The lowest BCUT2D eigenvalue weighted by atomic mass is 10.1. The van der Waals surface area contributed by atoms with Crippen molar-refractivity contribution in [2.24, 2.45) is 5.92 Å². The van der Waals surface area contributed by atoms with Crippen molar-refractivity contribution in [2.75, 3.05) is 26.2 Å². The zero-order valence-corrected chi connectivity index (χ0v) is 15.2. The second kappa shape index (κ2) is 7.89. The van der Waals surface area contributed by atoms with Gasteiger partial charge in [0.2, 0.25) is 5.91 Å². The van der Waals surface area contributed by atoms with E-state index in [1.54, 1.807) is 0 Å². The predicted molar refractivity (Wildman–Crippen MR) is 96.6 cm³/mol. The summed E-state index contributed by atoms with van der Waals surface area (Å²) in [7, 11) is 0. The standard InChI is InChI=1S/C20H28N2O3/c1-15(2)19(23)22-13-5-6-17(22)14-25-18-9-7-16(8-10-18)20(24)21-11-3-4-12-21/h7-10,15,17H,3-6,11-14H2,1-2H3/t17-/m1/s1. The predicted octanol–water partition coefficient (Wildman–Crippen LogP) is 2.95. The van der Waals surface area contributed by atoms with Gasteiger partial charge in [0.05, 0.1) is 6.04 Å². The smallest absolute Gasteiger partial charge is 0.253 e. The third-order valence-corrected chi connectivity index (χ3v) is 5.09. The van der Waals surface area contributed by atoms with E-state index in [2.05, 4.69) is 0 Å². The summed E-state index contributed by atoms with van der Waals surface area (Å²) in [6, 6.07) is 7.53. The minimum atomic E-state index is 0.0245. The molecule has 2 aliphatic rings. The Labute approximate surface area is 149 Å². The molecular formula is C20H28N2O3. The molecule has 2 heterocycles. The molecule has 0 bridgehead atoms. The molecule has 0 aliphatic carbocycles. The molecule has 0 N–H and O–H groups in total. The highest BCUT2D eigenvalue weighted by atomic mass is 16.5. The lowest BCUT2D eigenvalue weighted by Gasteiger charge is -2.26. The molecule has 2 amide bonds. The van der Waals surface area contributed by atoms with Gasteiger partial charge in [-0.1, -0.05) is 13.8 Å². The molecule has 136 valence electrons. The zero-order chi connectivity index (χ0) is 17.8. The molecule has 0 saturated carbocycles. The van der Waals surface area contributed by atoms with Crippen molar-refractivity contribution in [3.8, 4) is 5.75 Å². The van der Waals surface area contributed by atoms with Gasteiger partial charge in [0.1, 0.15) is 12.4 Å². The topological polar surface area (TPSA) is 49.9 Å². The fourth-order valence-electron chi connectivity index (χ4n) is 3.62. The number of likely N-dealkylation sites (tertiary alicyclic amines) is 2. The summed E-state index contributed by atoms with van der Waals surface area (Å²) in [5.41, 5.74) is 0.715. The normalized spacial score (nSPS) is 20.4. The first kappa shape index (κ1) is 17.8. The van der Waals surface area contributed by atoms with E-state index in [1.165, 1.54) is 0 Å². The average Bonchev–Trinajstić information content (AvgIpc) is 3.30. The Morgan fingerprint density at radius 3 is 2.40 bits per heavy atom. The Morgan fingerprint density at radius 1 is 1.08 bits per heavy atom. The lowest BCUT2D eigenvalue weighted by Crippen LogP contribution is -2.41. The van der Waals surface area contributed by atoms with E-state index in [1.807, 2.05) is 47.9 Å².